The van der Waals surface area contributed by atoms with E-state index in [0.29, 0.717) is 37.9 Å². The van der Waals surface area contributed by atoms with E-state index in [4.69, 9.17) is 10.5 Å². The number of anilines is 1. The molecule has 1 unspecified atom stereocenters. The fourth-order valence-electron chi connectivity index (χ4n) is 5.99. The average Bonchev–Trinajstić information content (AvgIpc) is 3.41. The van der Waals surface area contributed by atoms with Crippen LogP contribution in [0.3, 0.4) is 0 Å². The minimum Gasteiger partial charge on any atom is -0.460 e. The second-order valence-corrected chi connectivity index (χ2v) is 16.1. The first-order valence-corrected chi connectivity index (χ1v) is 18.9. The van der Waals surface area contributed by atoms with Crippen LogP contribution in [-0.2, 0) is 46.5 Å². The van der Waals surface area contributed by atoms with Gasteiger partial charge >= 0.3 is 12.0 Å². The number of hydrogen-bond donors (Lipinski definition) is 5. The molecule has 6 N–H and O–H groups in total. The fraction of sp³-hybridized carbons (Fsp3) is 0.537. The number of hydrogen-bond acceptors (Lipinski definition) is 8. The van der Waals surface area contributed by atoms with E-state index < -0.39 is 35.3 Å². The molecular formula is C41H58N6O8. The van der Waals surface area contributed by atoms with E-state index >= 15 is 0 Å². The normalized spacial score (nSPS) is 15.5. The van der Waals surface area contributed by atoms with Crippen molar-refractivity contribution in [2.75, 3.05) is 18.4 Å². The number of carbonyl (C=O) groups excluding carboxylic acids is 7. The highest BCUT2D eigenvalue weighted by Crippen LogP contribution is 2.35. The van der Waals surface area contributed by atoms with Crippen LogP contribution in [0.15, 0.2) is 54.6 Å². The van der Waals surface area contributed by atoms with E-state index in [1.807, 2.05) is 51.1 Å². The lowest BCUT2D eigenvalue weighted by atomic mass is 9.80. The number of rotatable bonds is 19. The quantitative estimate of drug-likeness (QED) is 0.0788. The molecule has 14 heteroatoms. The predicted molar refractivity (Wildman–Crippen MR) is 208 cm³/mol. The number of unbranched alkanes of at least 4 members (excludes halogenated alkanes) is 2. The minimum atomic E-state index is -1.03. The Morgan fingerprint density at radius 3 is 2.09 bits per heavy atom. The topological polar surface area (TPSA) is 206 Å². The first-order chi connectivity index (χ1) is 25.8. The SMILES string of the molecule is CC(C)(C)C(=O)OCc1ccc(NC(=O)[C@H](CCCNC(N)=O)NC(=O)[C@H](Cc2ccccc2)NC(=O)CCCCCN2C(=O)CC(C(C)(C)C)C2=O)cc1. The Morgan fingerprint density at radius 1 is 0.818 bits per heavy atom. The van der Waals surface area contributed by atoms with Crippen molar-refractivity contribution in [2.24, 2.45) is 22.5 Å². The third-order valence-electron chi connectivity index (χ3n) is 9.31. The fourth-order valence-corrected chi connectivity index (χ4v) is 5.99. The Kier molecular flexibility index (Phi) is 16.4. The number of amides is 7. The number of carbonyl (C=O) groups is 7. The summed E-state index contributed by atoms with van der Waals surface area (Å²) < 4.78 is 5.36. The van der Waals surface area contributed by atoms with Crippen molar-refractivity contribution in [1.29, 1.82) is 0 Å². The van der Waals surface area contributed by atoms with E-state index in [1.54, 1.807) is 45.0 Å². The van der Waals surface area contributed by atoms with Crippen LogP contribution in [0.25, 0.3) is 0 Å². The van der Waals surface area contributed by atoms with Crippen molar-refractivity contribution in [1.82, 2.24) is 20.9 Å². The van der Waals surface area contributed by atoms with Gasteiger partial charge in [-0.25, -0.2) is 4.79 Å². The second kappa shape index (κ2) is 20.4. The second-order valence-electron chi connectivity index (χ2n) is 16.1. The molecule has 14 nitrogen and oxygen atoms in total. The molecule has 0 saturated carbocycles. The molecule has 1 heterocycles. The van der Waals surface area contributed by atoms with E-state index in [1.165, 1.54) is 4.90 Å². The zero-order valence-corrected chi connectivity index (χ0v) is 33.0. The van der Waals surface area contributed by atoms with Gasteiger partial charge in [-0.2, -0.15) is 0 Å². The van der Waals surface area contributed by atoms with Crippen LogP contribution in [0.4, 0.5) is 10.5 Å². The molecular weight excluding hydrogens is 704 g/mol. The van der Waals surface area contributed by atoms with Gasteiger partial charge < -0.3 is 31.7 Å². The van der Waals surface area contributed by atoms with E-state index in [-0.39, 0.29) is 73.9 Å². The maximum Gasteiger partial charge on any atom is 0.312 e. The van der Waals surface area contributed by atoms with Crippen molar-refractivity contribution >= 4 is 47.2 Å². The van der Waals surface area contributed by atoms with Gasteiger partial charge in [0.1, 0.15) is 18.7 Å². The summed E-state index contributed by atoms with van der Waals surface area (Å²) >= 11 is 0. The molecule has 7 amide bonds. The van der Waals surface area contributed by atoms with Gasteiger partial charge in [0.05, 0.1) is 11.3 Å². The lowest BCUT2D eigenvalue weighted by Gasteiger charge is -2.24. The molecule has 55 heavy (non-hydrogen) atoms. The minimum absolute atomic E-state index is 0.0725. The number of ether oxygens (including phenoxy) is 1. The molecule has 0 aromatic heterocycles. The zero-order chi connectivity index (χ0) is 40.8. The highest BCUT2D eigenvalue weighted by molar-refractivity contribution is 6.04. The number of benzene rings is 2. The largest absolute Gasteiger partial charge is 0.460 e. The molecule has 300 valence electrons. The highest BCUT2D eigenvalue weighted by Gasteiger charge is 2.44. The summed E-state index contributed by atoms with van der Waals surface area (Å²) in [5, 5.41) is 10.9. The summed E-state index contributed by atoms with van der Waals surface area (Å²) in [6.07, 6.45) is 2.64. The summed E-state index contributed by atoms with van der Waals surface area (Å²) in [6, 6.07) is 13.2. The van der Waals surface area contributed by atoms with E-state index in [9.17, 15) is 33.6 Å². The molecule has 0 bridgehead atoms. The third kappa shape index (κ3) is 14.8. The number of nitrogens with zero attached hydrogens (tertiary/aromatic N) is 1. The first-order valence-electron chi connectivity index (χ1n) is 18.9. The van der Waals surface area contributed by atoms with Crippen LogP contribution in [0.1, 0.15) is 97.6 Å². The van der Waals surface area contributed by atoms with E-state index in [0.717, 1.165) is 11.1 Å². The lowest BCUT2D eigenvalue weighted by molar-refractivity contribution is -0.154. The molecule has 0 radical (unpaired) electrons. The molecule has 2 aromatic carbocycles. The van der Waals surface area contributed by atoms with Crippen LogP contribution in [0.2, 0.25) is 0 Å². The summed E-state index contributed by atoms with van der Waals surface area (Å²) in [6.45, 7) is 11.7. The standard InChI is InChI=1S/C41H58N6O8/c1-40(2,3)30-25-34(49)47(37(30)52)23-12-8-11-17-33(48)45-32(24-27-14-9-7-10-15-27)36(51)46-31(16-13-22-43-39(42)54)35(50)44-29-20-18-28(19-21-29)26-55-38(53)41(4,5)6/h7,9-10,14-15,18-21,30-32H,8,11-13,16-17,22-26H2,1-6H3,(H,44,50)(H,45,48)(H,46,51)(H3,42,43,54)/t30?,31-,32-/m0/s1. The summed E-state index contributed by atoms with van der Waals surface area (Å²) in [5.41, 5.74) is 6.24. The van der Waals surface area contributed by atoms with Crippen LogP contribution in [0, 0.1) is 16.7 Å². The van der Waals surface area contributed by atoms with Gasteiger partial charge in [0.2, 0.25) is 29.5 Å². The number of esters is 1. The number of primary amides is 1. The Bertz CT molecular complexity index is 1650. The Labute approximate surface area is 324 Å². The number of nitrogens with one attached hydrogen (secondary N) is 4. The van der Waals surface area contributed by atoms with Gasteiger partial charge in [0, 0.05) is 38.0 Å². The summed E-state index contributed by atoms with van der Waals surface area (Å²) in [4.78, 5) is 90.5. The maximum absolute atomic E-state index is 13.8. The first kappa shape index (κ1) is 44.1. The molecule has 1 fully saturated rings. The summed E-state index contributed by atoms with van der Waals surface area (Å²) in [5.74, 6) is -2.39. The van der Waals surface area contributed by atoms with E-state index in [2.05, 4.69) is 21.3 Å². The number of likely N-dealkylation sites (tertiary alicyclic amines) is 1. The Balaban J connectivity index is 1.63. The number of urea groups is 1. The Hall–Kier alpha value is -5.27. The third-order valence-corrected chi connectivity index (χ3v) is 9.31. The molecule has 0 spiro atoms. The van der Waals surface area contributed by atoms with Crippen LogP contribution >= 0.6 is 0 Å². The van der Waals surface area contributed by atoms with Gasteiger partial charge in [-0.1, -0.05) is 69.7 Å². The average molecular weight is 763 g/mol. The molecule has 3 rings (SSSR count). The van der Waals surface area contributed by atoms with Crippen LogP contribution in [-0.4, -0.2) is 71.6 Å². The van der Waals surface area contributed by atoms with Gasteiger partial charge in [0.15, 0.2) is 0 Å². The van der Waals surface area contributed by atoms with Crippen molar-refractivity contribution < 1.29 is 38.3 Å². The van der Waals surface area contributed by atoms with Crippen molar-refractivity contribution in [3.8, 4) is 0 Å². The summed E-state index contributed by atoms with van der Waals surface area (Å²) in [7, 11) is 0. The lowest BCUT2D eigenvalue weighted by Crippen LogP contribution is -2.53. The monoisotopic (exact) mass is 762 g/mol. The van der Waals surface area contributed by atoms with Gasteiger partial charge in [-0.15, -0.1) is 0 Å². The zero-order valence-electron chi connectivity index (χ0n) is 33.0. The molecule has 0 aliphatic carbocycles. The van der Waals surface area contributed by atoms with Gasteiger partial charge in [-0.05, 0) is 75.1 Å². The molecule has 1 saturated heterocycles. The Morgan fingerprint density at radius 2 is 1.49 bits per heavy atom. The predicted octanol–water partition coefficient (Wildman–Crippen LogP) is 4.36. The number of imide groups is 1. The van der Waals surface area contributed by atoms with Gasteiger partial charge in [-0.3, -0.25) is 33.7 Å². The van der Waals surface area contributed by atoms with Crippen molar-refractivity contribution in [3.05, 3.63) is 65.7 Å². The van der Waals surface area contributed by atoms with Crippen molar-refractivity contribution in [2.45, 2.75) is 112 Å². The molecule has 1 aliphatic heterocycles. The van der Waals surface area contributed by atoms with Gasteiger partial charge in [0.25, 0.3) is 0 Å². The van der Waals surface area contributed by atoms with Crippen molar-refractivity contribution in [3.63, 3.8) is 0 Å². The van der Waals surface area contributed by atoms with Crippen LogP contribution < -0.4 is 27.0 Å². The molecule has 3 atom stereocenters. The maximum atomic E-state index is 13.8. The smallest absolute Gasteiger partial charge is 0.312 e. The molecule has 2 aromatic rings. The number of nitrogens with two attached hydrogens (primary N) is 1. The highest BCUT2D eigenvalue weighted by atomic mass is 16.5. The molecule has 1 aliphatic rings. The van der Waals surface area contributed by atoms with Crippen LogP contribution in [0.5, 0.6) is 0 Å².